The maximum absolute atomic E-state index is 12.2. The lowest BCUT2D eigenvalue weighted by molar-refractivity contribution is -0.123. The van der Waals surface area contributed by atoms with Gasteiger partial charge in [-0.2, -0.15) is 0 Å². The normalized spacial score (nSPS) is 17.3. The number of amides is 1. The average molecular weight is 423 g/mol. The molecule has 0 radical (unpaired) electrons. The van der Waals surface area contributed by atoms with Crippen molar-refractivity contribution in [3.63, 3.8) is 0 Å². The van der Waals surface area contributed by atoms with Gasteiger partial charge in [0.25, 0.3) is 5.91 Å². The Balaban J connectivity index is 1.14. The molecule has 0 unspecified atom stereocenters. The molecule has 0 aliphatic carbocycles. The fourth-order valence-corrected chi connectivity index (χ4v) is 4.31. The van der Waals surface area contributed by atoms with E-state index in [4.69, 9.17) is 4.74 Å². The van der Waals surface area contributed by atoms with E-state index in [1.807, 2.05) is 18.2 Å². The number of piperazine rings is 1. The molecule has 166 valence electrons. The zero-order chi connectivity index (χ0) is 21.5. The van der Waals surface area contributed by atoms with Crippen LogP contribution >= 0.6 is 0 Å². The largest absolute Gasteiger partial charge is 0.484 e. The first kappa shape index (κ1) is 21.7. The fraction of sp³-hybridized carbons (Fsp3) is 0.480. The Morgan fingerprint density at radius 3 is 2.65 bits per heavy atom. The summed E-state index contributed by atoms with van der Waals surface area (Å²) in [5, 5.41) is 2.99. The highest BCUT2D eigenvalue weighted by Crippen LogP contribution is 2.22. The second-order valence-corrected chi connectivity index (χ2v) is 8.57. The fourth-order valence-electron chi connectivity index (χ4n) is 4.31. The molecular formula is C25H34N4O2. The van der Waals surface area contributed by atoms with Crippen LogP contribution in [0.1, 0.15) is 17.5 Å². The number of carbonyl (C=O) groups excluding carboxylic acids is 1. The van der Waals surface area contributed by atoms with Crippen molar-refractivity contribution in [1.29, 1.82) is 0 Å². The van der Waals surface area contributed by atoms with Gasteiger partial charge in [0.2, 0.25) is 0 Å². The number of ether oxygens (including phenoxy) is 1. The number of benzene rings is 2. The molecule has 0 bridgehead atoms. The molecule has 1 N–H and O–H groups in total. The molecule has 1 amide bonds. The van der Waals surface area contributed by atoms with Crippen molar-refractivity contribution in [2.24, 2.45) is 0 Å². The molecule has 0 atom stereocenters. The Kier molecular flexibility index (Phi) is 7.43. The Morgan fingerprint density at radius 2 is 1.81 bits per heavy atom. The summed E-state index contributed by atoms with van der Waals surface area (Å²) in [7, 11) is 2.15. The minimum absolute atomic E-state index is 0.0588. The third-order valence-corrected chi connectivity index (χ3v) is 6.24. The van der Waals surface area contributed by atoms with Crippen molar-refractivity contribution in [3.05, 3.63) is 59.7 Å². The number of likely N-dealkylation sites (N-methyl/N-ethyl adjacent to an activating group) is 1. The van der Waals surface area contributed by atoms with Crippen molar-refractivity contribution < 1.29 is 9.53 Å². The molecule has 2 heterocycles. The zero-order valence-electron chi connectivity index (χ0n) is 18.6. The van der Waals surface area contributed by atoms with Crippen LogP contribution in [0, 0.1) is 0 Å². The monoisotopic (exact) mass is 422 g/mol. The third-order valence-electron chi connectivity index (χ3n) is 6.24. The number of fused-ring (bicyclic) bond motifs is 1. The third kappa shape index (κ3) is 6.21. The summed E-state index contributed by atoms with van der Waals surface area (Å²) in [4.78, 5) is 19.4. The molecule has 6 heteroatoms. The molecule has 31 heavy (non-hydrogen) atoms. The number of hydrogen-bond acceptors (Lipinski definition) is 5. The summed E-state index contributed by atoms with van der Waals surface area (Å²) >= 11 is 0. The van der Waals surface area contributed by atoms with Gasteiger partial charge in [-0.25, -0.2) is 0 Å². The molecule has 2 aliphatic rings. The summed E-state index contributed by atoms with van der Waals surface area (Å²) in [6.07, 6.45) is 2.07. The SMILES string of the molecule is CN1CCN(c2cccc(OCC(=O)NCCCN3CCc4ccccc4C3)c2)CC1. The molecule has 1 saturated heterocycles. The van der Waals surface area contributed by atoms with E-state index in [1.54, 1.807) is 0 Å². The van der Waals surface area contributed by atoms with Crippen molar-refractivity contribution in [2.75, 3.05) is 64.4 Å². The standard InChI is InChI=1S/C25H34N4O2/c1-27-14-16-29(17-15-27)23-8-4-9-24(18-23)31-20-25(30)26-11-5-12-28-13-10-21-6-2-3-7-22(21)19-28/h2-4,6-9,18H,5,10-17,19-20H2,1H3,(H,26,30). The van der Waals surface area contributed by atoms with Gasteiger partial charge in [-0.05, 0) is 43.1 Å². The van der Waals surface area contributed by atoms with Crippen molar-refractivity contribution in [3.8, 4) is 5.75 Å². The Bertz CT molecular complexity index is 864. The summed E-state index contributed by atoms with van der Waals surface area (Å²) in [6.45, 7) is 8.02. The lowest BCUT2D eigenvalue weighted by Crippen LogP contribution is -2.44. The van der Waals surface area contributed by atoms with E-state index in [1.165, 1.54) is 11.1 Å². The Morgan fingerprint density at radius 1 is 1.00 bits per heavy atom. The van der Waals surface area contributed by atoms with Gasteiger partial charge in [0, 0.05) is 64.1 Å². The van der Waals surface area contributed by atoms with Crippen LogP contribution < -0.4 is 15.0 Å². The van der Waals surface area contributed by atoms with E-state index in [-0.39, 0.29) is 12.5 Å². The van der Waals surface area contributed by atoms with Crippen LogP contribution in [0.15, 0.2) is 48.5 Å². The molecule has 1 fully saturated rings. The van der Waals surface area contributed by atoms with Gasteiger partial charge in [0.1, 0.15) is 5.75 Å². The second-order valence-electron chi connectivity index (χ2n) is 8.57. The van der Waals surface area contributed by atoms with E-state index < -0.39 is 0 Å². The Labute approximate surface area is 185 Å². The van der Waals surface area contributed by atoms with Crippen LogP contribution in [-0.2, 0) is 17.8 Å². The smallest absolute Gasteiger partial charge is 0.257 e. The van der Waals surface area contributed by atoms with E-state index in [9.17, 15) is 4.79 Å². The predicted molar refractivity (Wildman–Crippen MR) is 125 cm³/mol. The van der Waals surface area contributed by atoms with Crippen LogP contribution in [0.2, 0.25) is 0 Å². The lowest BCUT2D eigenvalue weighted by atomic mass is 10.00. The maximum Gasteiger partial charge on any atom is 0.257 e. The van der Waals surface area contributed by atoms with Crippen LogP contribution in [0.25, 0.3) is 0 Å². The lowest BCUT2D eigenvalue weighted by Gasteiger charge is -2.34. The highest BCUT2D eigenvalue weighted by atomic mass is 16.5. The first-order valence-electron chi connectivity index (χ1n) is 11.4. The minimum Gasteiger partial charge on any atom is -0.484 e. The number of nitrogens with one attached hydrogen (secondary N) is 1. The van der Waals surface area contributed by atoms with Crippen molar-refractivity contribution in [2.45, 2.75) is 19.4 Å². The number of nitrogens with zero attached hydrogens (tertiary/aromatic N) is 3. The van der Waals surface area contributed by atoms with E-state index in [0.717, 1.165) is 70.1 Å². The highest BCUT2D eigenvalue weighted by molar-refractivity contribution is 5.77. The van der Waals surface area contributed by atoms with E-state index in [0.29, 0.717) is 6.54 Å². The first-order chi connectivity index (χ1) is 15.2. The van der Waals surface area contributed by atoms with Gasteiger partial charge in [-0.3, -0.25) is 9.69 Å². The molecule has 2 aliphatic heterocycles. The molecular weight excluding hydrogens is 388 g/mol. The van der Waals surface area contributed by atoms with E-state index >= 15 is 0 Å². The van der Waals surface area contributed by atoms with Gasteiger partial charge in [-0.15, -0.1) is 0 Å². The summed E-state index contributed by atoms with van der Waals surface area (Å²) in [5.41, 5.74) is 4.07. The summed E-state index contributed by atoms with van der Waals surface area (Å²) in [5.74, 6) is 0.688. The number of hydrogen-bond donors (Lipinski definition) is 1. The van der Waals surface area contributed by atoms with Crippen molar-refractivity contribution >= 4 is 11.6 Å². The van der Waals surface area contributed by atoms with Gasteiger partial charge in [-0.1, -0.05) is 30.3 Å². The summed E-state index contributed by atoms with van der Waals surface area (Å²) in [6, 6.07) is 16.7. The van der Waals surface area contributed by atoms with Crippen molar-refractivity contribution in [1.82, 2.24) is 15.1 Å². The van der Waals surface area contributed by atoms with Crippen LogP contribution in [0.3, 0.4) is 0 Å². The zero-order valence-corrected chi connectivity index (χ0v) is 18.6. The van der Waals surface area contributed by atoms with Gasteiger partial charge in [0.05, 0.1) is 0 Å². The Hall–Kier alpha value is -2.57. The molecule has 0 aromatic heterocycles. The number of rotatable bonds is 8. The number of anilines is 1. The topological polar surface area (TPSA) is 48.1 Å². The van der Waals surface area contributed by atoms with Crippen LogP contribution in [0.4, 0.5) is 5.69 Å². The minimum atomic E-state index is -0.0611. The first-order valence-corrected chi connectivity index (χ1v) is 11.4. The molecule has 4 rings (SSSR count). The van der Waals surface area contributed by atoms with Gasteiger partial charge in [0.15, 0.2) is 6.61 Å². The molecule has 0 saturated carbocycles. The van der Waals surface area contributed by atoms with Crippen LogP contribution in [0.5, 0.6) is 5.75 Å². The second kappa shape index (κ2) is 10.6. The quantitative estimate of drug-likeness (QED) is 0.662. The average Bonchev–Trinajstić information content (AvgIpc) is 2.81. The molecule has 2 aromatic rings. The van der Waals surface area contributed by atoms with Gasteiger partial charge >= 0.3 is 0 Å². The highest BCUT2D eigenvalue weighted by Gasteiger charge is 2.16. The summed E-state index contributed by atoms with van der Waals surface area (Å²) < 4.78 is 5.75. The number of carbonyl (C=O) groups is 1. The molecule has 0 spiro atoms. The van der Waals surface area contributed by atoms with Crippen LogP contribution in [-0.4, -0.2) is 75.2 Å². The predicted octanol–water partition coefficient (Wildman–Crippen LogP) is 2.38. The van der Waals surface area contributed by atoms with E-state index in [2.05, 4.69) is 57.4 Å². The molecule has 6 nitrogen and oxygen atoms in total. The molecule has 2 aromatic carbocycles. The van der Waals surface area contributed by atoms with Gasteiger partial charge < -0.3 is 19.9 Å². The maximum atomic E-state index is 12.2.